The van der Waals surface area contributed by atoms with Gasteiger partial charge in [-0.1, -0.05) is 13.8 Å². The second-order valence-electron chi connectivity index (χ2n) is 3.48. The minimum Gasteiger partial charge on any atom is -0.479 e. The van der Waals surface area contributed by atoms with Crippen LogP contribution in [0.15, 0.2) is 29.3 Å². The Balaban J connectivity index is 3.26. The summed E-state index contributed by atoms with van der Waals surface area (Å²) in [5, 5.41) is 9.25. The van der Waals surface area contributed by atoms with E-state index in [1.165, 1.54) is 24.5 Å². The lowest BCUT2D eigenvalue weighted by atomic mass is 9.92. The fraction of sp³-hybridized carbons (Fsp3) is 0.455. The van der Waals surface area contributed by atoms with Crippen molar-refractivity contribution in [2.24, 2.45) is 0 Å². The zero-order valence-corrected chi connectivity index (χ0v) is 8.93. The summed E-state index contributed by atoms with van der Waals surface area (Å²) in [6.45, 7) is 3.66. The van der Waals surface area contributed by atoms with Crippen molar-refractivity contribution in [3.63, 3.8) is 0 Å². The van der Waals surface area contributed by atoms with Crippen molar-refractivity contribution in [2.75, 3.05) is 0 Å². The van der Waals surface area contributed by atoms with Crippen molar-refractivity contribution in [1.29, 1.82) is 0 Å². The van der Waals surface area contributed by atoms with Gasteiger partial charge in [0.25, 0.3) is 0 Å². The predicted octanol–water partition coefficient (Wildman–Crippen LogP) is 1.45. The van der Waals surface area contributed by atoms with Crippen LogP contribution in [-0.2, 0) is 10.3 Å². The molecule has 0 unspecified atom stereocenters. The summed E-state index contributed by atoms with van der Waals surface area (Å²) >= 11 is 0. The summed E-state index contributed by atoms with van der Waals surface area (Å²) in [5.74, 6) is -0.865. The molecule has 1 aromatic rings. The zero-order valence-electron chi connectivity index (χ0n) is 8.93. The number of carboxylic acids is 1. The van der Waals surface area contributed by atoms with E-state index in [9.17, 15) is 14.7 Å². The van der Waals surface area contributed by atoms with Gasteiger partial charge < -0.3 is 9.67 Å². The Morgan fingerprint density at radius 1 is 1.33 bits per heavy atom. The maximum atomic E-state index is 11.3. The number of rotatable bonds is 4. The summed E-state index contributed by atoms with van der Waals surface area (Å²) < 4.78 is 1.59. The van der Waals surface area contributed by atoms with Crippen molar-refractivity contribution in [3.8, 4) is 0 Å². The smallest absolute Gasteiger partial charge is 0.329 e. The van der Waals surface area contributed by atoms with E-state index < -0.39 is 11.5 Å². The van der Waals surface area contributed by atoms with Crippen molar-refractivity contribution in [1.82, 2.24) is 4.57 Å². The molecule has 4 nitrogen and oxygen atoms in total. The Hall–Kier alpha value is -1.58. The van der Waals surface area contributed by atoms with Gasteiger partial charge in [-0.25, -0.2) is 4.79 Å². The standard InChI is InChI=1S/C11H15NO3/c1-3-11(4-2,10(14)15)12-7-5-9(13)6-8-12/h5-8H,3-4H2,1-2H3,(H,14,15). The molecule has 0 aliphatic rings. The highest BCUT2D eigenvalue weighted by atomic mass is 16.4. The van der Waals surface area contributed by atoms with Crippen LogP contribution in [0.3, 0.4) is 0 Å². The van der Waals surface area contributed by atoms with E-state index in [-0.39, 0.29) is 5.43 Å². The third-order valence-electron chi connectivity index (χ3n) is 2.86. The molecule has 0 aliphatic carbocycles. The molecule has 15 heavy (non-hydrogen) atoms. The monoisotopic (exact) mass is 209 g/mol. The quantitative estimate of drug-likeness (QED) is 0.816. The average molecular weight is 209 g/mol. The highest BCUT2D eigenvalue weighted by Crippen LogP contribution is 2.24. The second kappa shape index (κ2) is 4.29. The molecule has 82 valence electrons. The topological polar surface area (TPSA) is 59.3 Å². The third kappa shape index (κ3) is 1.93. The van der Waals surface area contributed by atoms with Crippen LogP contribution in [-0.4, -0.2) is 15.6 Å². The van der Waals surface area contributed by atoms with Crippen LogP contribution in [0.2, 0.25) is 0 Å². The van der Waals surface area contributed by atoms with E-state index >= 15 is 0 Å². The van der Waals surface area contributed by atoms with E-state index in [4.69, 9.17) is 0 Å². The van der Waals surface area contributed by atoms with E-state index in [1.54, 1.807) is 4.57 Å². The molecule has 1 heterocycles. The molecule has 0 saturated carbocycles. The molecule has 1 aromatic heterocycles. The maximum Gasteiger partial charge on any atom is 0.329 e. The van der Waals surface area contributed by atoms with E-state index in [1.807, 2.05) is 13.8 Å². The summed E-state index contributed by atoms with van der Waals surface area (Å²) in [6.07, 6.45) is 4.04. The van der Waals surface area contributed by atoms with Gasteiger partial charge in [0.05, 0.1) is 0 Å². The van der Waals surface area contributed by atoms with Crippen LogP contribution in [0, 0.1) is 0 Å². The number of carboxylic acid groups (broad SMARTS) is 1. The highest BCUT2D eigenvalue weighted by Gasteiger charge is 2.35. The number of hydrogen-bond acceptors (Lipinski definition) is 2. The molecular weight excluding hydrogens is 194 g/mol. The van der Waals surface area contributed by atoms with Gasteiger partial charge in [0.2, 0.25) is 0 Å². The molecule has 0 aliphatic heterocycles. The number of carbonyl (C=O) groups is 1. The molecule has 1 rings (SSSR count). The summed E-state index contributed by atoms with van der Waals surface area (Å²) in [4.78, 5) is 22.2. The molecule has 0 amide bonds. The van der Waals surface area contributed by atoms with Crippen molar-refractivity contribution in [3.05, 3.63) is 34.7 Å². The highest BCUT2D eigenvalue weighted by molar-refractivity contribution is 5.76. The molecule has 0 aromatic carbocycles. The molecule has 0 fully saturated rings. The summed E-state index contributed by atoms with van der Waals surface area (Å²) in [7, 11) is 0. The van der Waals surface area contributed by atoms with Gasteiger partial charge in [-0.2, -0.15) is 0 Å². The normalized spacial score (nSPS) is 11.3. The average Bonchev–Trinajstić information content (AvgIpc) is 2.22. The molecule has 4 heteroatoms. The SMILES string of the molecule is CCC(CC)(C(=O)O)n1ccc(=O)cc1. The predicted molar refractivity (Wildman–Crippen MR) is 56.9 cm³/mol. The van der Waals surface area contributed by atoms with Gasteiger partial charge in [0.1, 0.15) is 5.54 Å². The van der Waals surface area contributed by atoms with Gasteiger partial charge in [0.15, 0.2) is 5.43 Å². The molecule has 0 radical (unpaired) electrons. The molecule has 0 bridgehead atoms. The molecule has 0 atom stereocenters. The zero-order chi connectivity index (χ0) is 11.5. The number of aromatic nitrogens is 1. The van der Waals surface area contributed by atoms with Crippen molar-refractivity contribution < 1.29 is 9.90 Å². The summed E-state index contributed by atoms with van der Waals surface area (Å²) in [6, 6.07) is 2.76. The van der Waals surface area contributed by atoms with Crippen molar-refractivity contribution in [2.45, 2.75) is 32.2 Å². The van der Waals surface area contributed by atoms with Crippen molar-refractivity contribution >= 4 is 5.97 Å². The van der Waals surface area contributed by atoms with Crippen LogP contribution in [0.25, 0.3) is 0 Å². The Labute approximate surface area is 88.2 Å². The first-order valence-electron chi connectivity index (χ1n) is 4.99. The van der Waals surface area contributed by atoms with Gasteiger partial charge in [-0.05, 0) is 12.8 Å². The largest absolute Gasteiger partial charge is 0.479 e. The fourth-order valence-corrected chi connectivity index (χ4v) is 1.73. The van der Waals surface area contributed by atoms with E-state index in [2.05, 4.69) is 0 Å². The Bertz CT molecular complexity index is 384. The second-order valence-corrected chi connectivity index (χ2v) is 3.48. The number of nitrogens with zero attached hydrogens (tertiary/aromatic N) is 1. The van der Waals surface area contributed by atoms with Crippen LogP contribution < -0.4 is 5.43 Å². The molecule has 1 N–H and O–H groups in total. The lowest BCUT2D eigenvalue weighted by Crippen LogP contribution is -2.40. The number of aliphatic carboxylic acids is 1. The van der Waals surface area contributed by atoms with E-state index in [0.29, 0.717) is 12.8 Å². The Morgan fingerprint density at radius 2 is 1.80 bits per heavy atom. The van der Waals surface area contributed by atoms with Gasteiger partial charge in [0, 0.05) is 24.5 Å². The van der Waals surface area contributed by atoms with Crippen LogP contribution in [0.5, 0.6) is 0 Å². The molecule has 0 saturated heterocycles. The van der Waals surface area contributed by atoms with Crippen LogP contribution in [0.4, 0.5) is 0 Å². The molecular formula is C11H15NO3. The minimum atomic E-state index is -0.937. The Kier molecular flexibility index (Phi) is 3.29. The lowest BCUT2D eigenvalue weighted by molar-refractivity contribution is -0.148. The van der Waals surface area contributed by atoms with Crippen LogP contribution >= 0.6 is 0 Å². The number of pyridine rings is 1. The minimum absolute atomic E-state index is 0.113. The first-order valence-corrected chi connectivity index (χ1v) is 4.99. The Morgan fingerprint density at radius 3 is 2.13 bits per heavy atom. The number of hydrogen-bond donors (Lipinski definition) is 1. The lowest BCUT2D eigenvalue weighted by Gasteiger charge is -2.29. The molecule has 0 spiro atoms. The van der Waals surface area contributed by atoms with Gasteiger partial charge in [-0.15, -0.1) is 0 Å². The third-order valence-corrected chi connectivity index (χ3v) is 2.86. The van der Waals surface area contributed by atoms with Crippen LogP contribution in [0.1, 0.15) is 26.7 Å². The fourth-order valence-electron chi connectivity index (χ4n) is 1.73. The first kappa shape index (κ1) is 11.5. The maximum absolute atomic E-state index is 11.3. The van der Waals surface area contributed by atoms with Gasteiger partial charge >= 0.3 is 5.97 Å². The summed E-state index contributed by atoms with van der Waals surface area (Å²) in [5.41, 5.74) is -1.05. The van der Waals surface area contributed by atoms with Gasteiger partial charge in [-0.3, -0.25) is 4.79 Å². The first-order chi connectivity index (χ1) is 7.06. The van der Waals surface area contributed by atoms with E-state index in [0.717, 1.165) is 0 Å².